The highest BCUT2D eigenvalue weighted by atomic mass is 32.2. The third-order valence-corrected chi connectivity index (χ3v) is 7.35. The summed E-state index contributed by atoms with van der Waals surface area (Å²) in [6, 6.07) is 13.3. The van der Waals surface area contributed by atoms with Crippen LogP contribution >= 0.6 is 0 Å². The van der Waals surface area contributed by atoms with Gasteiger partial charge in [0.2, 0.25) is 0 Å². The van der Waals surface area contributed by atoms with Crippen LogP contribution in [0, 0.1) is 0 Å². The molecule has 0 radical (unpaired) electrons. The Morgan fingerprint density at radius 3 is 2.06 bits per heavy atom. The summed E-state index contributed by atoms with van der Waals surface area (Å²) < 4.78 is 86.4. The number of hydrogen-bond donors (Lipinski definition) is 4. The van der Waals surface area contributed by atoms with Crippen molar-refractivity contribution in [3.63, 3.8) is 0 Å². The molecule has 14 heteroatoms. The molecule has 4 N–H and O–H groups in total. The van der Waals surface area contributed by atoms with Crippen molar-refractivity contribution in [2.45, 2.75) is 14.7 Å². The van der Waals surface area contributed by atoms with Crippen molar-refractivity contribution in [2.75, 3.05) is 0 Å². The largest absolute Gasteiger partial charge is 0.504 e. The summed E-state index contributed by atoms with van der Waals surface area (Å²) in [7, 11) is -9.58. The zero-order chi connectivity index (χ0) is 24.8. The zero-order valence-corrected chi connectivity index (χ0v) is 19.2. The first kappa shape index (κ1) is 23.9. The van der Waals surface area contributed by atoms with Crippen molar-refractivity contribution in [3.05, 3.63) is 60.7 Å². The second kappa shape index (κ2) is 8.50. The van der Waals surface area contributed by atoms with Crippen LogP contribution < -0.4 is 0 Å². The van der Waals surface area contributed by atoms with E-state index in [-0.39, 0.29) is 21.4 Å². The highest BCUT2D eigenvalue weighted by molar-refractivity contribution is 7.86. The molecule has 34 heavy (non-hydrogen) atoms. The fourth-order valence-corrected chi connectivity index (χ4v) is 5.07. The van der Waals surface area contributed by atoms with Gasteiger partial charge in [-0.15, -0.1) is 10.2 Å². The van der Waals surface area contributed by atoms with Gasteiger partial charge in [0.25, 0.3) is 20.2 Å². The first-order valence-corrected chi connectivity index (χ1v) is 13.2. The van der Waals surface area contributed by atoms with Crippen molar-refractivity contribution in [1.82, 2.24) is 0 Å². The van der Waals surface area contributed by atoms with E-state index in [0.717, 1.165) is 18.2 Å². The standard InChI is InChI=1S/C20H14N2O9S3/c23-20-18(34(29,30)31)10-11-9-12(33(26,27)28)5-6-13(11)19(20)22-21-16-7-8-17(32(24)25)15-4-2-1-3-14(15)16/h1-10,23H,(H,24,25)(H,26,27,28)(H,29,30,31). The molecule has 0 bridgehead atoms. The quantitative estimate of drug-likeness (QED) is 0.169. The average molecular weight is 523 g/mol. The van der Waals surface area contributed by atoms with Gasteiger partial charge in [0.1, 0.15) is 10.6 Å². The highest BCUT2D eigenvalue weighted by Crippen LogP contribution is 2.42. The van der Waals surface area contributed by atoms with Gasteiger partial charge in [-0.2, -0.15) is 16.8 Å². The van der Waals surface area contributed by atoms with Crippen molar-refractivity contribution in [2.24, 2.45) is 10.2 Å². The van der Waals surface area contributed by atoms with Crippen molar-refractivity contribution in [3.8, 4) is 5.75 Å². The highest BCUT2D eigenvalue weighted by Gasteiger charge is 2.23. The molecule has 0 saturated heterocycles. The molecular weight excluding hydrogens is 508 g/mol. The summed E-state index contributed by atoms with van der Waals surface area (Å²) in [6.07, 6.45) is 0. The molecule has 4 aromatic rings. The van der Waals surface area contributed by atoms with Crippen LogP contribution in [0.5, 0.6) is 5.75 Å². The van der Waals surface area contributed by atoms with Gasteiger partial charge in [-0.1, -0.05) is 30.3 Å². The van der Waals surface area contributed by atoms with Crippen molar-refractivity contribution in [1.29, 1.82) is 0 Å². The normalized spacial score (nSPS) is 13.6. The first-order chi connectivity index (χ1) is 15.9. The fraction of sp³-hybridized carbons (Fsp3) is 0. The topological polar surface area (TPSA) is 191 Å². The van der Waals surface area contributed by atoms with Crippen LogP contribution in [0.25, 0.3) is 21.5 Å². The molecule has 11 nitrogen and oxygen atoms in total. The second-order valence-corrected chi connectivity index (χ2v) is 10.7. The van der Waals surface area contributed by atoms with E-state index in [1.165, 1.54) is 18.2 Å². The van der Waals surface area contributed by atoms with Gasteiger partial charge >= 0.3 is 0 Å². The van der Waals surface area contributed by atoms with Gasteiger partial charge in [-0.3, -0.25) is 9.11 Å². The molecule has 176 valence electrons. The Morgan fingerprint density at radius 2 is 1.44 bits per heavy atom. The van der Waals surface area contributed by atoms with Crippen LogP contribution in [0.15, 0.2) is 85.6 Å². The number of fused-ring (bicyclic) bond motifs is 2. The molecule has 1 unspecified atom stereocenters. The number of benzene rings is 4. The molecule has 0 saturated carbocycles. The van der Waals surface area contributed by atoms with Crippen molar-refractivity contribution >= 4 is 64.2 Å². The maximum Gasteiger partial charge on any atom is 0.298 e. The van der Waals surface area contributed by atoms with E-state index in [9.17, 15) is 39.8 Å². The van der Waals surface area contributed by atoms with Crippen LogP contribution in [0.3, 0.4) is 0 Å². The molecule has 4 rings (SSSR count). The lowest BCUT2D eigenvalue weighted by molar-refractivity contribution is 0.445. The van der Waals surface area contributed by atoms with Gasteiger partial charge in [0, 0.05) is 16.2 Å². The van der Waals surface area contributed by atoms with E-state index >= 15 is 0 Å². The number of azo groups is 1. The van der Waals surface area contributed by atoms with E-state index in [4.69, 9.17) is 0 Å². The Labute approximate surface area is 195 Å². The van der Waals surface area contributed by atoms with E-state index in [2.05, 4.69) is 10.2 Å². The lowest BCUT2D eigenvalue weighted by Gasteiger charge is -2.10. The third kappa shape index (κ3) is 4.42. The molecule has 1 atom stereocenters. The predicted octanol–water partition coefficient (Wildman–Crippen LogP) is 4.19. The smallest absolute Gasteiger partial charge is 0.298 e. The molecule has 0 aliphatic rings. The van der Waals surface area contributed by atoms with E-state index in [1.54, 1.807) is 24.3 Å². The molecule has 0 heterocycles. The molecule has 0 spiro atoms. The van der Waals surface area contributed by atoms with Gasteiger partial charge in [-0.25, -0.2) is 4.21 Å². The molecular formula is C20H14N2O9S3. The van der Waals surface area contributed by atoms with Gasteiger partial charge in [0.15, 0.2) is 16.8 Å². The number of phenolic OH excluding ortho intramolecular Hbond substituents is 1. The summed E-state index contributed by atoms with van der Waals surface area (Å²) >= 11 is -2.27. The number of nitrogens with zero attached hydrogens (tertiary/aromatic N) is 2. The van der Waals surface area contributed by atoms with Crippen LogP contribution in [-0.2, 0) is 31.3 Å². The maximum absolute atomic E-state index is 11.8. The van der Waals surface area contributed by atoms with Crippen LogP contribution in [0.2, 0.25) is 0 Å². The SMILES string of the molecule is O=S(O)c1ccc(N=Nc2c(O)c(S(=O)(=O)O)cc3cc(S(=O)(=O)O)ccc23)c2ccccc12. The minimum atomic E-state index is -4.95. The minimum Gasteiger partial charge on any atom is -0.504 e. The average Bonchev–Trinajstić information content (AvgIpc) is 2.76. The number of rotatable bonds is 5. The lowest BCUT2D eigenvalue weighted by atomic mass is 10.1. The summed E-state index contributed by atoms with van der Waals surface area (Å²) in [5, 5.41) is 19.4. The number of phenols is 1. The molecule has 4 aromatic carbocycles. The Hall–Kier alpha value is -3.27. The monoisotopic (exact) mass is 522 g/mol. The summed E-state index contributed by atoms with van der Waals surface area (Å²) in [5.41, 5.74) is -0.185. The summed E-state index contributed by atoms with van der Waals surface area (Å²) in [5.74, 6) is -0.934. The minimum absolute atomic E-state index is 0.0680. The Bertz CT molecular complexity index is 1750. The Balaban J connectivity index is 1.99. The van der Waals surface area contributed by atoms with Gasteiger partial charge in [-0.05, 0) is 35.7 Å². The second-order valence-electron chi connectivity index (χ2n) is 6.98. The number of aromatic hydroxyl groups is 1. The molecule has 0 aliphatic heterocycles. The van der Waals surface area contributed by atoms with Gasteiger partial charge < -0.3 is 9.66 Å². The van der Waals surface area contributed by atoms with E-state index in [1.807, 2.05) is 0 Å². The summed E-state index contributed by atoms with van der Waals surface area (Å²) in [4.78, 5) is -1.36. The molecule has 0 aliphatic carbocycles. The third-order valence-electron chi connectivity index (χ3n) is 4.91. The lowest BCUT2D eigenvalue weighted by Crippen LogP contribution is -2.00. The van der Waals surface area contributed by atoms with Crippen LogP contribution in [-0.4, -0.2) is 39.8 Å². The summed E-state index contributed by atoms with van der Waals surface area (Å²) in [6.45, 7) is 0. The molecule has 0 fully saturated rings. The fourth-order valence-electron chi connectivity index (χ4n) is 3.39. The molecule has 0 amide bonds. The predicted molar refractivity (Wildman–Crippen MR) is 122 cm³/mol. The van der Waals surface area contributed by atoms with Crippen molar-refractivity contribution < 1.29 is 39.8 Å². The zero-order valence-electron chi connectivity index (χ0n) is 16.7. The molecule has 0 aromatic heterocycles. The van der Waals surface area contributed by atoms with Crippen LogP contribution in [0.4, 0.5) is 11.4 Å². The Morgan fingerprint density at radius 1 is 0.765 bits per heavy atom. The Kier molecular flexibility index (Phi) is 5.97. The van der Waals surface area contributed by atoms with E-state index in [0.29, 0.717) is 10.8 Å². The first-order valence-electron chi connectivity index (χ1n) is 9.17. The van der Waals surface area contributed by atoms with E-state index < -0.39 is 52.5 Å². The van der Waals surface area contributed by atoms with Crippen LogP contribution in [0.1, 0.15) is 0 Å². The maximum atomic E-state index is 11.8. The number of hydrogen-bond acceptors (Lipinski definition) is 8. The van der Waals surface area contributed by atoms with Gasteiger partial charge in [0.05, 0.1) is 15.5 Å².